The van der Waals surface area contributed by atoms with E-state index in [1.165, 1.54) is 16.7 Å². The second-order valence-electron chi connectivity index (χ2n) is 5.44. The van der Waals surface area contributed by atoms with E-state index in [0.717, 1.165) is 16.3 Å². The number of nitrogens with zero attached hydrogens (tertiary/aromatic N) is 3. The summed E-state index contributed by atoms with van der Waals surface area (Å²) in [7, 11) is 1.85. The first-order chi connectivity index (χ1) is 11.1. The maximum atomic E-state index is 12.5. The predicted molar refractivity (Wildman–Crippen MR) is 83.4 cm³/mol. The molecule has 1 aromatic carbocycles. The van der Waals surface area contributed by atoms with Gasteiger partial charge in [0.05, 0.1) is 17.8 Å². The van der Waals surface area contributed by atoms with Crippen LogP contribution in [0.4, 0.5) is 0 Å². The van der Waals surface area contributed by atoms with Crippen LogP contribution < -0.4 is 5.11 Å². The Labute approximate surface area is 138 Å². The molecule has 120 valence electrons. The zero-order valence-corrected chi connectivity index (χ0v) is 13.5. The zero-order valence-electron chi connectivity index (χ0n) is 12.6. The van der Waals surface area contributed by atoms with Gasteiger partial charge in [0.15, 0.2) is 5.16 Å². The first kappa shape index (κ1) is 15.6. The zero-order chi connectivity index (χ0) is 16.4. The van der Waals surface area contributed by atoms with Crippen molar-refractivity contribution < 1.29 is 14.7 Å². The Morgan fingerprint density at radius 1 is 1.35 bits per heavy atom. The molecule has 0 saturated heterocycles. The fourth-order valence-corrected chi connectivity index (χ4v) is 3.51. The standard InChI is InChI=1S/C16H17N3O3S/c1-18-7-6-17-16(18)23-10-14(20)19-9-12-5-3-2-4-11(12)8-13(19)15(21)22/h2-7,13H,8-10H2,1H3,(H,21,22)/p-1/t13-/m0/s1. The van der Waals surface area contributed by atoms with E-state index in [4.69, 9.17) is 0 Å². The van der Waals surface area contributed by atoms with Crippen LogP contribution >= 0.6 is 11.8 Å². The summed E-state index contributed by atoms with van der Waals surface area (Å²) >= 11 is 1.30. The molecule has 1 aliphatic heterocycles. The minimum atomic E-state index is -1.21. The molecule has 0 aliphatic carbocycles. The number of imidazole rings is 1. The lowest BCUT2D eigenvalue weighted by Crippen LogP contribution is -2.54. The number of amides is 1. The van der Waals surface area contributed by atoms with Gasteiger partial charge >= 0.3 is 0 Å². The number of carbonyl (C=O) groups is 2. The number of aromatic nitrogens is 2. The fourth-order valence-electron chi connectivity index (χ4n) is 2.70. The highest BCUT2D eigenvalue weighted by Crippen LogP contribution is 2.25. The van der Waals surface area contributed by atoms with Crippen molar-refractivity contribution in [1.29, 1.82) is 0 Å². The molecule has 0 fully saturated rings. The van der Waals surface area contributed by atoms with Gasteiger partial charge < -0.3 is 19.4 Å². The average molecular weight is 330 g/mol. The number of thioether (sulfide) groups is 1. The Hall–Kier alpha value is -2.28. The van der Waals surface area contributed by atoms with Crippen LogP contribution in [0.3, 0.4) is 0 Å². The molecule has 0 N–H and O–H groups in total. The van der Waals surface area contributed by atoms with Gasteiger partial charge in [0.25, 0.3) is 0 Å². The predicted octanol–water partition coefficient (Wildman–Crippen LogP) is 0.216. The molecule has 0 radical (unpaired) electrons. The number of rotatable bonds is 4. The van der Waals surface area contributed by atoms with Crippen LogP contribution in [-0.4, -0.2) is 38.1 Å². The monoisotopic (exact) mass is 330 g/mol. The third-order valence-electron chi connectivity index (χ3n) is 3.94. The molecule has 1 aromatic heterocycles. The lowest BCUT2D eigenvalue weighted by molar-refractivity contribution is -0.311. The van der Waals surface area contributed by atoms with E-state index in [0.29, 0.717) is 6.54 Å². The van der Waals surface area contributed by atoms with Crippen molar-refractivity contribution in [2.24, 2.45) is 7.05 Å². The van der Waals surface area contributed by atoms with Gasteiger partial charge in [-0.2, -0.15) is 0 Å². The van der Waals surface area contributed by atoms with Crippen LogP contribution in [0, 0.1) is 0 Å². The Kier molecular flexibility index (Phi) is 4.38. The Balaban J connectivity index is 1.75. The number of aryl methyl sites for hydroxylation is 1. The van der Waals surface area contributed by atoms with Gasteiger partial charge in [0, 0.05) is 26.0 Å². The van der Waals surface area contributed by atoms with E-state index < -0.39 is 12.0 Å². The molecular formula is C16H16N3O3S-. The quantitative estimate of drug-likeness (QED) is 0.749. The molecule has 1 aliphatic rings. The van der Waals surface area contributed by atoms with Gasteiger partial charge in [-0.15, -0.1) is 0 Å². The number of hydrogen-bond acceptors (Lipinski definition) is 5. The van der Waals surface area contributed by atoms with Crippen LogP contribution in [0.5, 0.6) is 0 Å². The highest BCUT2D eigenvalue weighted by Gasteiger charge is 2.30. The van der Waals surface area contributed by atoms with Gasteiger partial charge in [0.2, 0.25) is 5.91 Å². The summed E-state index contributed by atoms with van der Waals surface area (Å²) in [5.74, 6) is -1.28. The molecular weight excluding hydrogens is 314 g/mol. The van der Waals surface area contributed by atoms with Crippen molar-refractivity contribution in [2.75, 3.05) is 5.75 Å². The molecule has 0 saturated carbocycles. The summed E-state index contributed by atoms with van der Waals surface area (Å²) in [6, 6.07) is 6.67. The average Bonchev–Trinajstić information content (AvgIpc) is 2.96. The number of carboxylic acid groups (broad SMARTS) is 1. The minimum Gasteiger partial charge on any atom is -0.548 e. The second-order valence-corrected chi connectivity index (χ2v) is 6.38. The maximum absolute atomic E-state index is 12.5. The lowest BCUT2D eigenvalue weighted by atomic mass is 9.94. The molecule has 1 amide bonds. The minimum absolute atomic E-state index is 0.150. The number of hydrogen-bond donors (Lipinski definition) is 0. The van der Waals surface area contributed by atoms with Crippen molar-refractivity contribution in [3.05, 3.63) is 47.8 Å². The maximum Gasteiger partial charge on any atom is 0.233 e. The fraction of sp³-hybridized carbons (Fsp3) is 0.312. The van der Waals surface area contributed by atoms with Crippen LogP contribution in [0.25, 0.3) is 0 Å². The topological polar surface area (TPSA) is 78.3 Å². The van der Waals surface area contributed by atoms with Crippen LogP contribution in [-0.2, 0) is 29.6 Å². The molecule has 2 heterocycles. The van der Waals surface area contributed by atoms with Crippen molar-refractivity contribution >= 4 is 23.6 Å². The van der Waals surface area contributed by atoms with Gasteiger partial charge in [-0.1, -0.05) is 36.0 Å². The number of carboxylic acids is 1. The van der Waals surface area contributed by atoms with E-state index in [2.05, 4.69) is 4.98 Å². The van der Waals surface area contributed by atoms with Crippen LogP contribution in [0.15, 0.2) is 41.8 Å². The summed E-state index contributed by atoms with van der Waals surface area (Å²) in [6.45, 7) is 0.300. The summed E-state index contributed by atoms with van der Waals surface area (Å²) < 4.78 is 1.82. The molecule has 6 nitrogen and oxygen atoms in total. The summed E-state index contributed by atoms with van der Waals surface area (Å²) in [5.41, 5.74) is 1.95. The molecule has 7 heteroatoms. The highest BCUT2D eigenvalue weighted by atomic mass is 32.2. The van der Waals surface area contributed by atoms with E-state index in [1.807, 2.05) is 35.9 Å². The van der Waals surface area contributed by atoms with Gasteiger partial charge in [-0.05, 0) is 17.5 Å². The van der Waals surface area contributed by atoms with Crippen molar-refractivity contribution in [3.63, 3.8) is 0 Å². The summed E-state index contributed by atoms with van der Waals surface area (Å²) in [5, 5.41) is 12.2. The van der Waals surface area contributed by atoms with Gasteiger partial charge in [-0.3, -0.25) is 4.79 Å². The molecule has 0 unspecified atom stereocenters. The van der Waals surface area contributed by atoms with E-state index in [-0.39, 0.29) is 18.1 Å². The van der Waals surface area contributed by atoms with Crippen LogP contribution in [0.1, 0.15) is 11.1 Å². The normalized spacial score (nSPS) is 16.9. The Morgan fingerprint density at radius 2 is 2.09 bits per heavy atom. The Bertz CT molecular complexity index is 744. The number of aliphatic carboxylic acids is 1. The smallest absolute Gasteiger partial charge is 0.233 e. The largest absolute Gasteiger partial charge is 0.548 e. The van der Waals surface area contributed by atoms with Gasteiger partial charge in [0.1, 0.15) is 0 Å². The lowest BCUT2D eigenvalue weighted by Gasteiger charge is -2.37. The SMILES string of the molecule is Cn1ccnc1SCC(=O)N1Cc2ccccc2C[C@H]1C(=O)[O-]. The van der Waals surface area contributed by atoms with E-state index in [1.54, 1.807) is 12.4 Å². The van der Waals surface area contributed by atoms with Crippen LogP contribution in [0.2, 0.25) is 0 Å². The van der Waals surface area contributed by atoms with Gasteiger partial charge in [-0.25, -0.2) is 4.98 Å². The molecule has 1 atom stereocenters. The summed E-state index contributed by atoms with van der Waals surface area (Å²) in [4.78, 5) is 29.5. The molecule has 3 rings (SSSR count). The van der Waals surface area contributed by atoms with E-state index >= 15 is 0 Å². The van der Waals surface area contributed by atoms with Crippen molar-refractivity contribution in [2.45, 2.75) is 24.2 Å². The van der Waals surface area contributed by atoms with E-state index in [9.17, 15) is 14.7 Å². The number of benzene rings is 1. The third-order valence-corrected chi connectivity index (χ3v) is 4.99. The summed E-state index contributed by atoms with van der Waals surface area (Å²) in [6.07, 6.45) is 3.75. The van der Waals surface area contributed by atoms with Crippen molar-refractivity contribution in [1.82, 2.24) is 14.5 Å². The Morgan fingerprint density at radius 3 is 2.74 bits per heavy atom. The first-order valence-corrected chi connectivity index (χ1v) is 8.22. The van der Waals surface area contributed by atoms with Crippen molar-refractivity contribution in [3.8, 4) is 0 Å². The molecule has 0 spiro atoms. The number of fused-ring (bicyclic) bond motifs is 1. The second kappa shape index (κ2) is 6.45. The third kappa shape index (κ3) is 3.24. The molecule has 2 aromatic rings. The molecule has 23 heavy (non-hydrogen) atoms. The number of carbonyl (C=O) groups excluding carboxylic acids is 2. The first-order valence-electron chi connectivity index (χ1n) is 7.23. The molecule has 0 bridgehead atoms. The highest BCUT2D eigenvalue weighted by molar-refractivity contribution is 7.99.